The van der Waals surface area contributed by atoms with Crippen LogP contribution < -0.4 is 5.56 Å². The van der Waals surface area contributed by atoms with E-state index in [0.717, 1.165) is 15.6 Å². The second kappa shape index (κ2) is 5.08. The van der Waals surface area contributed by atoms with Gasteiger partial charge < -0.3 is 0 Å². The zero-order valence-corrected chi connectivity index (χ0v) is 12.7. The van der Waals surface area contributed by atoms with Gasteiger partial charge in [0.2, 0.25) is 0 Å². The van der Waals surface area contributed by atoms with Gasteiger partial charge in [-0.3, -0.25) is 18.7 Å². The smallest absolute Gasteiger partial charge is 0.293 e. The molecule has 0 spiro atoms. The minimum atomic E-state index is -4.67. The summed E-state index contributed by atoms with van der Waals surface area (Å²) in [6.07, 6.45) is -2.11. The SMILES string of the molecule is Cn1nc(C(F)(F)F)c(Cn2cnc3cnn(C)c3c2=O)c1Cl. The van der Waals surface area contributed by atoms with Crippen LogP contribution in [0, 0.1) is 0 Å². The minimum Gasteiger partial charge on any atom is -0.293 e. The van der Waals surface area contributed by atoms with E-state index < -0.39 is 24.0 Å². The van der Waals surface area contributed by atoms with Gasteiger partial charge in [0.05, 0.1) is 19.1 Å². The molecule has 0 aromatic carbocycles. The Hall–Kier alpha value is -2.36. The molecule has 0 bridgehead atoms. The molecule has 11 heteroatoms. The molecule has 7 nitrogen and oxygen atoms in total. The minimum absolute atomic E-state index is 0.186. The summed E-state index contributed by atoms with van der Waals surface area (Å²) < 4.78 is 42.5. The summed E-state index contributed by atoms with van der Waals surface area (Å²) >= 11 is 5.90. The number of rotatable bonds is 2. The summed E-state index contributed by atoms with van der Waals surface area (Å²) in [5, 5.41) is 7.10. The van der Waals surface area contributed by atoms with Crippen LogP contribution in [0.3, 0.4) is 0 Å². The van der Waals surface area contributed by atoms with Crippen LogP contribution in [0.5, 0.6) is 0 Å². The molecule has 0 radical (unpaired) electrons. The third-order valence-corrected chi connectivity index (χ3v) is 3.86. The molecule has 0 aliphatic carbocycles. The third kappa shape index (κ3) is 2.48. The van der Waals surface area contributed by atoms with Gasteiger partial charge in [-0.2, -0.15) is 23.4 Å². The van der Waals surface area contributed by atoms with Gasteiger partial charge in [-0.1, -0.05) is 11.6 Å². The lowest BCUT2D eigenvalue weighted by Crippen LogP contribution is -2.24. The van der Waals surface area contributed by atoms with Crippen LogP contribution >= 0.6 is 11.6 Å². The topological polar surface area (TPSA) is 70.5 Å². The molecule has 0 aliphatic rings. The first kappa shape index (κ1) is 15.5. The number of nitrogens with zero attached hydrogens (tertiary/aromatic N) is 6. The highest BCUT2D eigenvalue weighted by atomic mass is 35.5. The van der Waals surface area contributed by atoms with E-state index in [0.29, 0.717) is 5.52 Å². The van der Waals surface area contributed by atoms with Gasteiger partial charge in [0.25, 0.3) is 5.56 Å². The van der Waals surface area contributed by atoms with E-state index in [9.17, 15) is 18.0 Å². The molecular weight excluding hydrogens is 337 g/mol. The Morgan fingerprint density at radius 2 is 1.96 bits per heavy atom. The zero-order chi connectivity index (χ0) is 16.9. The molecule has 3 heterocycles. The van der Waals surface area contributed by atoms with E-state index in [1.165, 1.54) is 17.9 Å². The number of hydrogen-bond acceptors (Lipinski definition) is 4. The summed E-state index contributed by atoms with van der Waals surface area (Å²) in [4.78, 5) is 16.4. The summed E-state index contributed by atoms with van der Waals surface area (Å²) in [6, 6.07) is 0. The lowest BCUT2D eigenvalue weighted by molar-refractivity contribution is -0.142. The van der Waals surface area contributed by atoms with Crippen LogP contribution in [-0.4, -0.2) is 29.1 Å². The number of alkyl halides is 3. The van der Waals surface area contributed by atoms with Crippen molar-refractivity contribution in [2.24, 2.45) is 14.1 Å². The molecule has 0 aliphatic heterocycles. The normalized spacial score (nSPS) is 12.3. The molecule has 0 amide bonds. The number of halogens is 4. The molecule has 0 N–H and O–H groups in total. The van der Waals surface area contributed by atoms with Crippen LogP contribution in [0.2, 0.25) is 5.15 Å². The van der Waals surface area contributed by atoms with Crippen molar-refractivity contribution in [3.8, 4) is 0 Å². The lowest BCUT2D eigenvalue weighted by atomic mass is 10.2. The maximum absolute atomic E-state index is 13.1. The largest absolute Gasteiger partial charge is 0.435 e. The van der Waals surface area contributed by atoms with Gasteiger partial charge >= 0.3 is 6.18 Å². The summed E-state index contributed by atoms with van der Waals surface area (Å²) in [5.41, 5.74) is -1.36. The molecule has 0 saturated heterocycles. The van der Waals surface area contributed by atoms with Crippen LogP contribution in [0.4, 0.5) is 13.2 Å². The van der Waals surface area contributed by atoms with Crippen LogP contribution in [0.1, 0.15) is 11.3 Å². The second-order valence-corrected chi connectivity index (χ2v) is 5.28. The molecule has 3 aromatic heterocycles. The Balaban J connectivity index is 2.15. The van der Waals surface area contributed by atoms with Gasteiger partial charge in [0.1, 0.15) is 10.7 Å². The average molecular weight is 347 g/mol. The van der Waals surface area contributed by atoms with Crippen LogP contribution in [0.25, 0.3) is 11.0 Å². The second-order valence-electron chi connectivity index (χ2n) is 4.92. The highest BCUT2D eigenvalue weighted by Gasteiger charge is 2.38. The van der Waals surface area contributed by atoms with Gasteiger partial charge in [-0.25, -0.2) is 4.98 Å². The van der Waals surface area contributed by atoms with Gasteiger partial charge in [-0.05, 0) is 0 Å². The van der Waals surface area contributed by atoms with Gasteiger partial charge in [0.15, 0.2) is 11.2 Å². The molecule has 0 fully saturated rings. The monoisotopic (exact) mass is 346 g/mol. The molecule has 0 atom stereocenters. The van der Waals surface area contributed by atoms with Gasteiger partial charge in [0, 0.05) is 19.7 Å². The number of aryl methyl sites for hydroxylation is 2. The fourth-order valence-corrected chi connectivity index (χ4v) is 2.47. The Morgan fingerprint density at radius 1 is 1.26 bits per heavy atom. The van der Waals surface area contributed by atoms with Crippen molar-refractivity contribution >= 4 is 22.6 Å². The molecule has 0 unspecified atom stereocenters. The molecule has 3 aromatic rings. The van der Waals surface area contributed by atoms with Crippen molar-refractivity contribution in [2.45, 2.75) is 12.7 Å². The van der Waals surface area contributed by atoms with Crippen LogP contribution in [-0.2, 0) is 26.8 Å². The number of hydrogen-bond donors (Lipinski definition) is 0. The van der Waals surface area contributed by atoms with Crippen molar-refractivity contribution in [2.75, 3.05) is 0 Å². The van der Waals surface area contributed by atoms with Crippen molar-refractivity contribution in [1.29, 1.82) is 0 Å². The highest BCUT2D eigenvalue weighted by molar-refractivity contribution is 6.30. The molecule has 122 valence electrons. The first-order chi connectivity index (χ1) is 10.7. The summed E-state index contributed by atoms with van der Waals surface area (Å²) in [7, 11) is 2.85. The first-order valence-corrected chi connectivity index (χ1v) is 6.73. The van der Waals surface area contributed by atoms with E-state index in [1.54, 1.807) is 7.05 Å². The number of fused-ring (bicyclic) bond motifs is 1. The summed E-state index contributed by atoms with van der Waals surface area (Å²) in [5.74, 6) is 0. The Morgan fingerprint density at radius 3 is 2.61 bits per heavy atom. The quantitative estimate of drug-likeness (QED) is 0.706. The predicted molar refractivity (Wildman–Crippen MR) is 75.1 cm³/mol. The third-order valence-electron chi connectivity index (χ3n) is 3.39. The van der Waals surface area contributed by atoms with Crippen molar-refractivity contribution in [1.82, 2.24) is 29.1 Å². The fourth-order valence-electron chi connectivity index (χ4n) is 2.29. The standard InChI is InChI=1S/C12H10ClF3N6O/c1-20-8-7(3-18-20)17-5-22(11(8)23)4-6-9(12(14,15)16)19-21(2)10(6)13/h3,5H,4H2,1-2H3. The fraction of sp³-hybridized carbons (Fsp3) is 0.333. The van der Waals surface area contributed by atoms with Gasteiger partial charge in [-0.15, -0.1) is 0 Å². The van der Waals surface area contributed by atoms with E-state index >= 15 is 0 Å². The molecule has 0 saturated carbocycles. The van der Waals surface area contributed by atoms with E-state index in [4.69, 9.17) is 11.6 Å². The zero-order valence-electron chi connectivity index (χ0n) is 12.0. The number of aromatic nitrogens is 6. The van der Waals surface area contributed by atoms with Crippen molar-refractivity contribution in [3.05, 3.63) is 39.3 Å². The maximum Gasteiger partial charge on any atom is 0.435 e. The Kier molecular flexibility index (Phi) is 3.43. The lowest BCUT2D eigenvalue weighted by Gasteiger charge is -2.08. The predicted octanol–water partition coefficient (Wildman–Crippen LogP) is 1.58. The molecule has 3 rings (SSSR count). The summed E-state index contributed by atoms with van der Waals surface area (Å²) in [6.45, 7) is -0.394. The van der Waals surface area contributed by atoms with Crippen LogP contribution in [0.15, 0.2) is 17.3 Å². The van der Waals surface area contributed by atoms with Crippen molar-refractivity contribution in [3.63, 3.8) is 0 Å². The Labute approximate surface area is 131 Å². The highest BCUT2D eigenvalue weighted by Crippen LogP contribution is 2.34. The van der Waals surface area contributed by atoms with E-state index in [2.05, 4.69) is 15.2 Å². The molecular formula is C12H10ClF3N6O. The first-order valence-electron chi connectivity index (χ1n) is 6.36. The average Bonchev–Trinajstić information content (AvgIpc) is 2.97. The Bertz CT molecular complexity index is 954. The van der Waals surface area contributed by atoms with Crippen molar-refractivity contribution < 1.29 is 13.2 Å². The molecule has 23 heavy (non-hydrogen) atoms. The maximum atomic E-state index is 13.1. The van der Waals surface area contributed by atoms with E-state index in [-0.39, 0.29) is 16.2 Å². The van der Waals surface area contributed by atoms with E-state index in [1.807, 2.05) is 0 Å².